The number of sulfonamides is 1. The molecule has 0 aliphatic rings. The molecule has 3 rings (SSSR count). The minimum atomic E-state index is -3.99. The molecule has 0 saturated carbocycles. The molecule has 0 fully saturated rings. The predicted molar refractivity (Wildman–Crippen MR) is 127 cm³/mol. The van der Waals surface area contributed by atoms with E-state index in [9.17, 15) is 13.2 Å². The first kappa shape index (κ1) is 22.8. The molecule has 5 nitrogen and oxygen atoms in total. The molecule has 0 spiro atoms. The Labute approximate surface area is 188 Å². The standard InChI is InChI=1S/C24H25ClN2O3S/c1-15(2)18-6-9-20(10-7-18)26-24(28)19-8-11-21(25)23(14-19)31(29,30)27-22-12-5-16(3)13-17(22)4/h5-15,27H,1-4H3,(H,26,28). The van der Waals surface area contributed by atoms with Gasteiger partial charge in [0.1, 0.15) is 4.90 Å². The summed E-state index contributed by atoms with van der Waals surface area (Å²) < 4.78 is 28.5. The lowest BCUT2D eigenvalue weighted by atomic mass is 10.0. The maximum Gasteiger partial charge on any atom is 0.263 e. The zero-order valence-electron chi connectivity index (χ0n) is 17.9. The van der Waals surface area contributed by atoms with E-state index in [1.54, 1.807) is 6.07 Å². The van der Waals surface area contributed by atoms with Gasteiger partial charge in [-0.15, -0.1) is 0 Å². The maximum absolute atomic E-state index is 13.0. The van der Waals surface area contributed by atoms with Crippen LogP contribution in [0.1, 0.15) is 46.8 Å². The number of anilines is 2. The van der Waals surface area contributed by atoms with E-state index in [4.69, 9.17) is 11.6 Å². The highest BCUT2D eigenvalue weighted by atomic mass is 35.5. The van der Waals surface area contributed by atoms with Crippen LogP contribution in [-0.2, 0) is 10.0 Å². The van der Waals surface area contributed by atoms with Gasteiger partial charge in [0.25, 0.3) is 15.9 Å². The third kappa shape index (κ3) is 5.46. The molecule has 7 heteroatoms. The minimum absolute atomic E-state index is 0.0371. The number of hydrogen-bond acceptors (Lipinski definition) is 3. The summed E-state index contributed by atoms with van der Waals surface area (Å²) in [6, 6.07) is 17.1. The fraction of sp³-hybridized carbons (Fsp3) is 0.208. The number of carbonyl (C=O) groups excluding carboxylic acids is 1. The van der Waals surface area contributed by atoms with E-state index in [0.717, 1.165) is 16.7 Å². The molecular weight excluding hydrogens is 432 g/mol. The van der Waals surface area contributed by atoms with E-state index >= 15 is 0 Å². The summed E-state index contributed by atoms with van der Waals surface area (Å²) in [4.78, 5) is 12.5. The minimum Gasteiger partial charge on any atom is -0.322 e. The van der Waals surface area contributed by atoms with Gasteiger partial charge in [0.15, 0.2) is 0 Å². The summed E-state index contributed by atoms with van der Waals surface area (Å²) in [6.45, 7) is 7.94. The molecule has 0 aromatic heterocycles. The van der Waals surface area contributed by atoms with Crippen molar-refractivity contribution in [1.29, 1.82) is 0 Å². The lowest BCUT2D eigenvalue weighted by Crippen LogP contribution is -2.17. The van der Waals surface area contributed by atoms with E-state index in [2.05, 4.69) is 23.9 Å². The number of nitrogens with one attached hydrogen (secondary N) is 2. The number of rotatable bonds is 6. The Morgan fingerprint density at radius 2 is 1.61 bits per heavy atom. The van der Waals surface area contributed by atoms with Crippen LogP contribution in [0.15, 0.2) is 65.6 Å². The molecule has 0 atom stereocenters. The van der Waals surface area contributed by atoms with Gasteiger partial charge in [-0.3, -0.25) is 9.52 Å². The Morgan fingerprint density at radius 1 is 0.935 bits per heavy atom. The summed E-state index contributed by atoms with van der Waals surface area (Å²) in [6.07, 6.45) is 0. The average molecular weight is 457 g/mol. The van der Waals surface area contributed by atoms with Crippen LogP contribution in [0.4, 0.5) is 11.4 Å². The van der Waals surface area contributed by atoms with Gasteiger partial charge in [0.2, 0.25) is 0 Å². The second-order valence-corrected chi connectivity index (χ2v) is 9.86. The van der Waals surface area contributed by atoms with Crippen molar-refractivity contribution in [2.45, 2.75) is 38.5 Å². The molecule has 0 aliphatic carbocycles. The monoisotopic (exact) mass is 456 g/mol. The second kappa shape index (κ2) is 9.12. The molecule has 0 saturated heterocycles. The SMILES string of the molecule is Cc1ccc(NS(=O)(=O)c2cc(C(=O)Nc3ccc(C(C)C)cc3)ccc2Cl)c(C)c1. The summed E-state index contributed by atoms with van der Waals surface area (Å²) >= 11 is 6.17. The number of hydrogen-bond donors (Lipinski definition) is 2. The van der Waals surface area contributed by atoms with Crippen molar-refractivity contribution in [3.8, 4) is 0 Å². The van der Waals surface area contributed by atoms with Crippen LogP contribution >= 0.6 is 11.6 Å². The van der Waals surface area contributed by atoms with E-state index in [-0.39, 0.29) is 15.5 Å². The van der Waals surface area contributed by atoms with Gasteiger partial charge in [-0.25, -0.2) is 8.42 Å². The van der Waals surface area contributed by atoms with Gasteiger partial charge in [-0.05, 0) is 67.3 Å². The van der Waals surface area contributed by atoms with Crippen molar-refractivity contribution in [2.75, 3.05) is 10.0 Å². The number of benzene rings is 3. The third-order valence-corrected chi connectivity index (χ3v) is 6.79. The van der Waals surface area contributed by atoms with Crippen molar-refractivity contribution in [3.05, 3.63) is 87.9 Å². The van der Waals surface area contributed by atoms with Gasteiger partial charge >= 0.3 is 0 Å². The molecule has 0 unspecified atom stereocenters. The molecule has 0 radical (unpaired) electrons. The second-order valence-electron chi connectivity index (χ2n) is 7.80. The normalized spacial score (nSPS) is 11.4. The Morgan fingerprint density at radius 3 is 2.23 bits per heavy atom. The largest absolute Gasteiger partial charge is 0.322 e. The fourth-order valence-corrected chi connectivity index (χ4v) is 4.79. The van der Waals surface area contributed by atoms with Crippen molar-refractivity contribution in [1.82, 2.24) is 0 Å². The number of carbonyl (C=O) groups is 1. The van der Waals surface area contributed by atoms with Crippen LogP contribution in [0.2, 0.25) is 5.02 Å². The lowest BCUT2D eigenvalue weighted by Gasteiger charge is -2.13. The molecule has 0 bridgehead atoms. The van der Waals surface area contributed by atoms with Crippen molar-refractivity contribution >= 4 is 38.9 Å². The Kier molecular flexibility index (Phi) is 6.72. The topological polar surface area (TPSA) is 75.3 Å². The highest BCUT2D eigenvalue weighted by molar-refractivity contribution is 7.92. The Balaban J connectivity index is 1.85. The Bertz CT molecular complexity index is 1220. The highest BCUT2D eigenvalue weighted by Gasteiger charge is 2.21. The Hall–Kier alpha value is -2.83. The number of halogens is 1. The van der Waals surface area contributed by atoms with Crippen molar-refractivity contribution in [2.24, 2.45) is 0 Å². The van der Waals surface area contributed by atoms with E-state index < -0.39 is 15.9 Å². The lowest BCUT2D eigenvalue weighted by molar-refractivity contribution is 0.102. The summed E-state index contributed by atoms with van der Waals surface area (Å²) in [5.41, 5.74) is 4.26. The first-order valence-corrected chi connectivity index (χ1v) is 11.7. The van der Waals surface area contributed by atoms with Gasteiger partial charge in [-0.1, -0.05) is 55.3 Å². The molecule has 31 heavy (non-hydrogen) atoms. The van der Waals surface area contributed by atoms with E-state index in [1.807, 2.05) is 50.2 Å². The molecule has 1 amide bonds. The van der Waals surface area contributed by atoms with Crippen molar-refractivity contribution < 1.29 is 13.2 Å². The van der Waals surface area contributed by atoms with E-state index in [1.165, 1.54) is 18.2 Å². The van der Waals surface area contributed by atoms with Gasteiger partial charge in [0, 0.05) is 11.3 Å². The van der Waals surface area contributed by atoms with Crippen LogP contribution in [0, 0.1) is 13.8 Å². The summed E-state index contributed by atoms with van der Waals surface area (Å²) in [7, 11) is -3.99. The number of amides is 1. The maximum atomic E-state index is 13.0. The van der Waals surface area contributed by atoms with Gasteiger partial charge in [0.05, 0.1) is 10.7 Å². The van der Waals surface area contributed by atoms with Crippen LogP contribution in [0.5, 0.6) is 0 Å². The van der Waals surface area contributed by atoms with Gasteiger partial charge in [-0.2, -0.15) is 0 Å². The van der Waals surface area contributed by atoms with Crippen molar-refractivity contribution in [3.63, 3.8) is 0 Å². The summed E-state index contributed by atoms with van der Waals surface area (Å²) in [5.74, 6) is -0.0321. The summed E-state index contributed by atoms with van der Waals surface area (Å²) in [5, 5.41) is 2.83. The smallest absolute Gasteiger partial charge is 0.263 e. The molecular formula is C24H25ClN2O3S. The molecule has 162 valence electrons. The molecule has 3 aromatic carbocycles. The third-order valence-electron chi connectivity index (χ3n) is 4.94. The first-order valence-electron chi connectivity index (χ1n) is 9.88. The molecule has 0 aliphatic heterocycles. The zero-order chi connectivity index (χ0) is 22.8. The molecule has 0 heterocycles. The van der Waals surface area contributed by atoms with E-state index in [0.29, 0.717) is 17.3 Å². The van der Waals surface area contributed by atoms with Crippen LogP contribution < -0.4 is 10.0 Å². The van der Waals surface area contributed by atoms with Gasteiger partial charge < -0.3 is 5.32 Å². The molecule has 2 N–H and O–H groups in total. The van der Waals surface area contributed by atoms with Crippen LogP contribution in [0.3, 0.4) is 0 Å². The highest BCUT2D eigenvalue weighted by Crippen LogP contribution is 2.27. The predicted octanol–water partition coefficient (Wildman–Crippen LogP) is 6.13. The quantitative estimate of drug-likeness (QED) is 0.468. The fourth-order valence-electron chi connectivity index (χ4n) is 3.13. The van der Waals surface area contributed by atoms with Crippen LogP contribution in [0.25, 0.3) is 0 Å². The van der Waals surface area contributed by atoms with Crippen LogP contribution in [-0.4, -0.2) is 14.3 Å². The average Bonchev–Trinajstić information content (AvgIpc) is 2.70. The number of aryl methyl sites for hydroxylation is 2. The first-order chi connectivity index (χ1) is 14.6. The molecule has 3 aromatic rings. The zero-order valence-corrected chi connectivity index (χ0v) is 19.4.